The number of rotatable bonds is 11. The number of ether oxygens (including phenoxy) is 4. The summed E-state index contributed by atoms with van der Waals surface area (Å²) in [5, 5.41) is 11.2. The maximum absolute atomic E-state index is 11.4. The van der Waals surface area contributed by atoms with Crippen molar-refractivity contribution in [2.24, 2.45) is 0 Å². The topological polar surface area (TPSA) is 89.8 Å². The molecule has 0 heterocycles. The summed E-state index contributed by atoms with van der Waals surface area (Å²) in [6.45, 7) is 3.48. The molecule has 0 saturated carbocycles. The van der Waals surface area contributed by atoms with Gasteiger partial charge >= 0.3 is 0 Å². The molecule has 2 aromatic carbocycles. The fourth-order valence-electron chi connectivity index (χ4n) is 2.42. The number of nitrogens with one attached hydrogen (secondary N) is 1. The van der Waals surface area contributed by atoms with Crippen molar-refractivity contribution in [1.29, 1.82) is 5.26 Å². The molecule has 0 aromatic heterocycles. The number of carbonyl (C=O) groups is 1. The van der Waals surface area contributed by atoms with Crippen LogP contribution in [0.2, 0.25) is 0 Å². The van der Waals surface area contributed by atoms with Crippen molar-refractivity contribution in [3.05, 3.63) is 48.0 Å². The molecule has 0 aliphatic carbocycles. The molecule has 28 heavy (non-hydrogen) atoms. The minimum Gasteiger partial charge on any atom is -0.493 e. The molecule has 2 aromatic rings. The Morgan fingerprint density at radius 1 is 1.00 bits per heavy atom. The maximum atomic E-state index is 11.4. The number of nitrogens with zero attached hydrogens (tertiary/aromatic N) is 1. The first-order valence-electron chi connectivity index (χ1n) is 8.96. The predicted molar refractivity (Wildman–Crippen MR) is 104 cm³/mol. The van der Waals surface area contributed by atoms with Crippen LogP contribution in [0.1, 0.15) is 18.9 Å². The van der Waals surface area contributed by atoms with E-state index in [0.717, 1.165) is 5.56 Å². The predicted octanol–water partition coefficient (Wildman–Crippen LogP) is 3.08. The van der Waals surface area contributed by atoms with E-state index in [1.54, 1.807) is 19.2 Å². The van der Waals surface area contributed by atoms with E-state index < -0.39 is 0 Å². The number of nitriles is 1. The molecule has 7 nitrogen and oxygen atoms in total. The highest BCUT2D eigenvalue weighted by molar-refractivity contribution is 5.77. The third-order valence-electron chi connectivity index (χ3n) is 3.70. The van der Waals surface area contributed by atoms with Crippen LogP contribution in [-0.2, 0) is 11.3 Å². The first kappa shape index (κ1) is 20.9. The normalized spacial score (nSPS) is 9.89. The lowest BCUT2D eigenvalue weighted by atomic mass is 10.2. The van der Waals surface area contributed by atoms with E-state index in [1.165, 1.54) is 0 Å². The fourth-order valence-corrected chi connectivity index (χ4v) is 2.42. The standard InChI is InChI=1S/C21H24N2O5/c1-3-26-17-6-4-5-7-18(17)27-12-13-28-19-9-8-16(14-20(19)25-2)15-23-21(24)10-11-22/h4-9,14H,3,10,12-13,15H2,1-2H3,(H,23,24). The van der Waals surface area contributed by atoms with Gasteiger partial charge in [0.05, 0.1) is 19.8 Å². The smallest absolute Gasteiger partial charge is 0.234 e. The van der Waals surface area contributed by atoms with Gasteiger partial charge < -0.3 is 24.3 Å². The number of carbonyl (C=O) groups excluding carboxylic acids is 1. The van der Waals surface area contributed by atoms with Gasteiger partial charge in [0.2, 0.25) is 5.91 Å². The molecule has 2 rings (SSSR count). The van der Waals surface area contributed by atoms with Crippen molar-refractivity contribution >= 4 is 5.91 Å². The summed E-state index contributed by atoms with van der Waals surface area (Å²) in [4.78, 5) is 11.4. The van der Waals surface area contributed by atoms with Crippen molar-refractivity contribution in [1.82, 2.24) is 5.32 Å². The molecule has 148 valence electrons. The molecule has 0 radical (unpaired) electrons. The van der Waals surface area contributed by atoms with Gasteiger partial charge in [0, 0.05) is 6.54 Å². The highest BCUT2D eigenvalue weighted by Crippen LogP contribution is 2.29. The monoisotopic (exact) mass is 384 g/mol. The molecule has 7 heteroatoms. The van der Waals surface area contributed by atoms with Gasteiger partial charge in [-0.1, -0.05) is 18.2 Å². The Bertz CT molecular complexity index is 817. The fraction of sp³-hybridized carbons (Fsp3) is 0.333. The SMILES string of the molecule is CCOc1ccccc1OCCOc1ccc(CNC(=O)CC#N)cc1OC. The minimum atomic E-state index is -0.314. The van der Waals surface area contributed by atoms with Crippen LogP contribution in [0.5, 0.6) is 23.0 Å². The minimum absolute atomic E-state index is 0.162. The Labute approximate surface area is 164 Å². The second-order valence-electron chi connectivity index (χ2n) is 5.67. The molecular formula is C21H24N2O5. The largest absolute Gasteiger partial charge is 0.493 e. The van der Waals surface area contributed by atoms with Crippen molar-refractivity contribution in [2.45, 2.75) is 19.9 Å². The molecule has 0 aliphatic rings. The first-order chi connectivity index (χ1) is 13.7. The zero-order chi connectivity index (χ0) is 20.2. The van der Waals surface area contributed by atoms with Gasteiger partial charge in [0.25, 0.3) is 0 Å². The summed E-state index contributed by atoms with van der Waals surface area (Å²) in [6, 6.07) is 14.7. The van der Waals surface area contributed by atoms with Gasteiger partial charge in [0.15, 0.2) is 23.0 Å². The van der Waals surface area contributed by atoms with Crippen LogP contribution in [0, 0.1) is 11.3 Å². The molecule has 0 aliphatic heterocycles. The van der Waals surface area contributed by atoms with E-state index in [1.807, 2.05) is 43.3 Å². The quantitative estimate of drug-likeness (QED) is 0.599. The summed E-state index contributed by atoms with van der Waals surface area (Å²) in [7, 11) is 1.55. The zero-order valence-electron chi connectivity index (χ0n) is 16.1. The molecule has 0 bridgehead atoms. The Morgan fingerprint density at radius 2 is 1.64 bits per heavy atom. The van der Waals surface area contributed by atoms with Crippen molar-refractivity contribution in [2.75, 3.05) is 26.9 Å². The number of methoxy groups -OCH3 is 1. The van der Waals surface area contributed by atoms with Crippen molar-refractivity contribution < 1.29 is 23.7 Å². The zero-order valence-corrected chi connectivity index (χ0v) is 16.1. The number of para-hydroxylation sites is 2. The molecule has 1 N–H and O–H groups in total. The van der Waals surface area contributed by atoms with E-state index in [0.29, 0.717) is 49.4 Å². The molecule has 1 amide bonds. The van der Waals surface area contributed by atoms with Crippen molar-refractivity contribution in [3.63, 3.8) is 0 Å². The lowest BCUT2D eigenvalue weighted by molar-refractivity contribution is -0.120. The Morgan fingerprint density at radius 3 is 2.25 bits per heavy atom. The van der Waals surface area contributed by atoms with Gasteiger partial charge in [-0.2, -0.15) is 5.26 Å². The first-order valence-corrected chi connectivity index (χ1v) is 8.96. The molecule has 0 fully saturated rings. The number of hydrogen-bond donors (Lipinski definition) is 1. The van der Waals surface area contributed by atoms with Crippen LogP contribution in [0.4, 0.5) is 0 Å². The van der Waals surface area contributed by atoms with Crippen LogP contribution in [-0.4, -0.2) is 32.8 Å². The van der Waals surface area contributed by atoms with Gasteiger partial charge in [-0.15, -0.1) is 0 Å². The third kappa shape index (κ3) is 6.40. The Kier molecular flexibility index (Phi) is 8.47. The van der Waals surface area contributed by atoms with E-state index in [-0.39, 0.29) is 12.3 Å². The summed E-state index contributed by atoms with van der Waals surface area (Å²) < 4.78 is 22.4. The summed E-state index contributed by atoms with van der Waals surface area (Å²) in [5.41, 5.74) is 0.845. The Balaban J connectivity index is 1.87. The number of amides is 1. The van der Waals surface area contributed by atoms with E-state index in [4.69, 9.17) is 24.2 Å². The molecular weight excluding hydrogens is 360 g/mol. The van der Waals surface area contributed by atoms with Gasteiger partial charge in [0.1, 0.15) is 19.6 Å². The average molecular weight is 384 g/mol. The number of hydrogen-bond acceptors (Lipinski definition) is 6. The van der Waals surface area contributed by atoms with E-state index in [2.05, 4.69) is 5.32 Å². The van der Waals surface area contributed by atoms with E-state index in [9.17, 15) is 4.79 Å². The van der Waals surface area contributed by atoms with Crippen LogP contribution in [0.15, 0.2) is 42.5 Å². The summed E-state index contributed by atoms with van der Waals surface area (Å²) in [6.07, 6.45) is -0.162. The van der Waals surface area contributed by atoms with Gasteiger partial charge in [-0.3, -0.25) is 4.79 Å². The highest BCUT2D eigenvalue weighted by Gasteiger charge is 2.08. The lowest BCUT2D eigenvalue weighted by Crippen LogP contribution is -2.21. The van der Waals surface area contributed by atoms with Crippen LogP contribution in [0.3, 0.4) is 0 Å². The van der Waals surface area contributed by atoms with Crippen LogP contribution >= 0.6 is 0 Å². The lowest BCUT2D eigenvalue weighted by Gasteiger charge is -2.14. The van der Waals surface area contributed by atoms with Crippen LogP contribution < -0.4 is 24.3 Å². The summed E-state index contributed by atoms with van der Waals surface area (Å²) >= 11 is 0. The Hall–Kier alpha value is -3.40. The second kappa shape index (κ2) is 11.3. The molecule has 0 spiro atoms. The number of benzene rings is 2. The highest BCUT2D eigenvalue weighted by atomic mass is 16.5. The summed E-state index contributed by atoms with van der Waals surface area (Å²) in [5.74, 6) is 2.19. The van der Waals surface area contributed by atoms with Gasteiger partial charge in [-0.05, 0) is 36.8 Å². The molecule has 0 atom stereocenters. The van der Waals surface area contributed by atoms with E-state index >= 15 is 0 Å². The van der Waals surface area contributed by atoms with Crippen LogP contribution in [0.25, 0.3) is 0 Å². The second-order valence-corrected chi connectivity index (χ2v) is 5.67. The third-order valence-corrected chi connectivity index (χ3v) is 3.70. The average Bonchev–Trinajstić information content (AvgIpc) is 2.71. The van der Waals surface area contributed by atoms with Crippen molar-refractivity contribution in [3.8, 4) is 29.1 Å². The maximum Gasteiger partial charge on any atom is 0.234 e. The molecule has 0 unspecified atom stereocenters. The molecule has 0 saturated heterocycles. The van der Waals surface area contributed by atoms with Gasteiger partial charge in [-0.25, -0.2) is 0 Å².